The molecule has 1 amide bonds. The number of aromatic nitrogens is 2. The predicted octanol–water partition coefficient (Wildman–Crippen LogP) is 1.31. The van der Waals surface area contributed by atoms with Crippen LogP contribution in [-0.2, 0) is 4.79 Å². The Labute approximate surface area is 99.6 Å². The van der Waals surface area contributed by atoms with Crippen molar-refractivity contribution in [2.45, 2.75) is 13.8 Å². The van der Waals surface area contributed by atoms with Gasteiger partial charge in [0.1, 0.15) is 5.15 Å². The zero-order valence-electron chi connectivity index (χ0n) is 9.33. The summed E-state index contributed by atoms with van der Waals surface area (Å²) in [5.41, 5.74) is 0. The molecule has 88 valence electrons. The Bertz CT molecular complexity index is 358. The number of halogens is 1. The van der Waals surface area contributed by atoms with Gasteiger partial charge in [-0.25, -0.2) is 9.97 Å². The first-order valence-corrected chi connectivity index (χ1v) is 5.51. The molecule has 0 aliphatic carbocycles. The maximum absolute atomic E-state index is 11.7. The summed E-state index contributed by atoms with van der Waals surface area (Å²) >= 11 is 5.68. The minimum Gasteiger partial charge on any atom is -0.316 e. The summed E-state index contributed by atoms with van der Waals surface area (Å²) in [6.45, 7) is 5.29. The lowest BCUT2D eigenvalue weighted by atomic mass is 10.1. The molecule has 1 rings (SSSR count). The molecule has 0 radical (unpaired) electrons. The molecular weight excluding hydrogens is 228 g/mol. The summed E-state index contributed by atoms with van der Waals surface area (Å²) in [5, 5.41) is 6.01. The summed E-state index contributed by atoms with van der Waals surface area (Å²) < 4.78 is 0. The van der Waals surface area contributed by atoms with Crippen LogP contribution in [0.3, 0.4) is 0 Å². The molecule has 0 spiro atoms. The monoisotopic (exact) mass is 242 g/mol. The largest absolute Gasteiger partial charge is 0.316 e. The summed E-state index contributed by atoms with van der Waals surface area (Å²) in [7, 11) is 0. The number of hydrogen-bond donors (Lipinski definition) is 2. The molecule has 2 N–H and O–H groups in total. The molecule has 1 aromatic rings. The van der Waals surface area contributed by atoms with Crippen LogP contribution in [-0.4, -0.2) is 29.0 Å². The van der Waals surface area contributed by atoms with Crippen LogP contribution in [0, 0.1) is 5.92 Å². The van der Waals surface area contributed by atoms with Gasteiger partial charge >= 0.3 is 0 Å². The van der Waals surface area contributed by atoms with Gasteiger partial charge in [-0.3, -0.25) is 10.1 Å². The van der Waals surface area contributed by atoms with E-state index in [1.165, 1.54) is 6.20 Å². The number of amides is 1. The Kier molecular flexibility index (Phi) is 5.14. The number of carbonyl (C=O) groups excluding carboxylic acids is 1. The minimum atomic E-state index is -0.137. The zero-order chi connectivity index (χ0) is 12.0. The minimum absolute atomic E-state index is 0.122. The van der Waals surface area contributed by atoms with Crippen LogP contribution < -0.4 is 10.6 Å². The summed E-state index contributed by atoms with van der Waals surface area (Å²) in [6, 6.07) is 1.55. The van der Waals surface area contributed by atoms with Crippen LogP contribution in [0.2, 0.25) is 5.15 Å². The number of nitrogens with zero attached hydrogens (tertiary/aromatic N) is 2. The molecule has 0 aliphatic rings. The lowest BCUT2D eigenvalue weighted by molar-refractivity contribution is -0.119. The molecule has 1 aromatic heterocycles. The molecule has 1 atom stereocenters. The molecule has 0 saturated heterocycles. The second-order valence-electron chi connectivity index (χ2n) is 3.40. The van der Waals surface area contributed by atoms with Gasteiger partial charge in [0.05, 0.1) is 0 Å². The topological polar surface area (TPSA) is 66.9 Å². The highest BCUT2D eigenvalue weighted by atomic mass is 35.5. The first kappa shape index (κ1) is 12.9. The highest BCUT2D eigenvalue weighted by Crippen LogP contribution is 2.06. The van der Waals surface area contributed by atoms with Crippen LogP contribution in [0.5, 0.6) is 0 Å². The molecule has 6 heteroatoms. The van der Waals surface area contributed by atoms with Gasteiger partial charge in [0, 0.05) is 18.7 Å². The van der Waals surface area contributed by atoms with E-state index >= 15 is 0 Å². The van der Waals surface area contributed by atoms with E-state index in [1.54, 1.807) is 6.07 Å². The van der Waals surface area contributed by atoms with Crippen molar-refractivity contribution in [3.8, 4) is 0 Å². The van der Waals surface area contributed by atoms with Crippen molar-refractivity contribution >= 4 is 23.5 Å². The Hall–Kier alpha value is -1.20. The second kappa shape index (κ2) is 6.40. The Balaban J connectivity index is 2.50. The van der Waals surface area contributed by atoms with Gasteiger partial charge in [-0.1, -0.05) is 25.4 Å². The van der Waals surface area contributed by atoms with Crippen molar-refractivity contribution in [3.63, 3.8) is 0 Å². The molecule has 0 aromatic carbocycles. The average Bonchev–Trinajstić information content (AvgIpc) is 2.25. The van der Waals surface area contributed by atoms with Crippen LogP contribution in [0.4, 0.5) is 5.95 Å². The van der Waals surface area contributed by atoms with Crippen molar-refractivity contribution in [3.05, 3.63) is 17.4 Å². The Morgan fingerprint density at radius 1 is 1.62 bits per heavy atom. The van der Waals surface area contributed by atoms with Gasteiger partial charge in [-0.15, -0.1) is 0 Å². The normalized spacial score (nSPS) is 12.2. The smallest absolute Gasteiger partial charge is 0.230 e. The molecule has 0 fully saturated rings. The van der Waals surface area contributed by atoms with Gasteiger partial charge in [-0.05, 0) is 12.6 Å². The van der Waals surface area contributed by atoms with Gasteiger partial charge in [0.2, 0.25) is 11.9 Å². The number of anilines is 1. The Morgan fingerprint density at radius 3 is 3.00 bits per heavy atom. The number of hydrogen-bond acceptors (Lipinski definition) is 4. The SMILES string of the molecule is CCNCC(C)C(=O)Nc1nccc(Cl)n1. The molecule has 5 nitrogen and oxygen atoms in total. The van der Waals surface area contributed by atoms with E-state index in [0.717, 1.165) is 6.54 Å². The quantitative estimate of drug-likeness (QED) is 0.765. The van der Waals surface area contributed by atoms with Crippen molar-refractivity contribution in [2.75, 3.05) is 18.4 Å². The third-order valence-electron chi connectivity index (χ3n) is 2.00. The Morgan fingerprint density at radius 2 is 2.38 bits per heavy atom. The summed E-state index contributed by atoms with van der Waals surface area (Å²) in [5.74, 6) is -0.0217. The highest BCUT2D eigenvalue weighted by molar-refractivity contribution is 6.29. The fourth-order valence-electron chi connectivity index (χ4n) is 1.08. The van der Waals surface area contributed by atoms with Crippen LogP contribution in [0.15, 0.2) is 12.3 Å². The molecule has 0 bridgehead atoms. The maximum Gasteiger partial charge on any atom is 0.230 e. The summed E-state index contributed by atoms with van der Waals surface area (Å²) in [4.78, 5) is 19.4. The van der Waals surface area contributed by atoms with Crippen LogP contribution in [0.25, 0.3) is 0 Å². The van der Waals surface area contributed by atoms with E-state index in [1.807, 2.05) is 13.8 Å². The van der Waals surface area contributed by atoms with E-state index in [0.29, 0.717) is 11.7 Å². The molecular formula is C10H15ClN4O. The fraction of sp³-hybridized carbons (Fsp3) is 0.500. The van der Waals surface area contributed by atoms with Gasteiger partial charge in [-0.2, -0.15) is 0 Å². The third-order valence-corrected chi connectivity index (χ3v) is 2.22. The maximum atomic E-state index is 11.7. The van der Waals surface area contributed by atoms with E-state index in [-0.39, 0.29) is 17.8 Å². The van der Waals surface area contributed by atoms with Gasteiger partial charge < -0.3 is 5.32 Å². The van der Waals surface area contributed by atoms with Gasteiger partial charge in [0.15, 0.2) is 0 Å². The van der Waals surface area contributed by atoms with Crippen molar-refractivity contribution in [2.24, 2.45) is 5.92 Å². The zero-order valence-corrected chi connectivity index (χ0v) is 10.1. The molecule has 16 heavy (non-hydrogen) atoms. The van der Waals surface area contributed by atoms with E-state index in [4.69, 9.17) is 11.6 Å². The molecule has 0 aliphatic heterocycles. The van der Waals surface area contributed by atoms with Crippen molar-refractivity contribution < 1.29 is 4.79 Å². The third kappa shape index (κ3) is 4.12. The van der Waals surface area contributed by atoms with Crippen LogP contribution in [0.1, 0.15) is 13.8 Å². The number of rotatable bonds is 5. The fourth-order valence-corrected chi connectivity index (χ4v) is 1.22. The lowest BCUT2D eigenvalue weighted by Crippen LogP contribution is -2.30. The van der Waals surface area contributed by atoms with Crippen molar-refractivity contribution in [1.82, 2.24) is 15.3 Å². The van der Waals surface area contributed by atoms with Crippen molar-refractivity contribution in [1.29, 1.82) is 0 Å². The summed E-state index contributed by atoms with van der Waals surface area (Å²) in [6.07, 6.45) is 1.50. The number of carbonyl (C=O) groups is 1. The van der Waals surface area contributed by atoms with Gasteiger partial charge in [0.25, 0.3) is 0 Å². The molecule has 1 unspecified atom stereocenters. The standard InChI is InChI=1S/C10H15ClN4O/c1-3-12-6-7(2)9(16)15-10-13-5-4-8(11)14-10/h4-5,7,12H,3,6H2,1-2H3,(H,13,14,15,16). The molecule has 0 saturated carbocycles. The predicted molar refractivity (Wildman–Crippen MR) is 63.4 cm³/mol. The second-order valence-corrected chi connectivity index (χ2v) is 3.79. The van der Waals surface area contributed by atoms with E-state index in [2.05, 4.69) is 20.6 Å². The first-order chi connectivity index (χ1) is 7.63. The van der Waals surface area contributed by atoms with Crippen LogP contribution >= 0.6 is 11.6 Å². The molecule has 1 heterocycles. The van der Waals surface area contributed by atoms with E-state index < -0.39 is 0 Å². The highest BCUT2D eigenvalue weighted by Gasteiger charge is 2.13. The average molecular weight is 243 g/mol. The van der Waals surface area contributed by atoms with E-state index in [9.17, 15) is 4.79 Å². The lowest BCUT2D eigenvalue weighted by Gasteiger charge is -2.11. The first-order valence-electron chi connectivity index (χ1n) is 5.13. The number of nitrogens with one attached hydrogen (secondary N) is 2.